The number of carbonyl (C=O) groups is 6. The van der Waals surface area contributed by atoms with Crippen molar-refractivity contribution < 1.29 is 59.0 Å². The number of carboxylic acid groups (broad SMARTS) is 5. The molecule has 0 bridgehead atoms. The topological polar surface area (TPSA) is 379 Å². The molecule has 17 N–H and O–H groups in total. The highest BCUT2D eigenvalue weighted by atomic mass is 16.5. The van der Waals surface area contributed by atoms with Crippen molar-refractivity contribution in [3.8, 4) is 0 Å². The molecule has 0 aliphatic heterocycles. The Balaban J connectivity index is -0.000000515. The molecule has 0 aliphatic carbocycles. The molecule has 19 heteroatoms. The van der Waals surface area contributed by atoms with Gasteiger partial charge in [0.25, 0.3) is 0 Å². The van der Waals surface area contributed by atoms with Crippen LogP contribution in [0.25, 0.3) is 0 Å². The quantitative estimate of drug-likeness (QED) is 0.0403. The van der Waals surface area contributed by atoms with Crippen LogP contribution < -0.4 is 34.0 Å². The molecule has 0 radical (unpaired) electrons. The smallest absolute Gasteiger partial charge is 0.324 e. The van der Waals surface area contributed by atoms with Crippen molar-refractivity contribution in [1.82, 2.24) is 5.32 Å². The summed E-state index contributed by atoms with van der Waals surface area (Å²) in [7, 11) is 0. The molecule has 0 aromatic heterocycles. The van der Waals surface area contributed by atoms with E-state index in [2.05, 4.69) is 10.1 Å². The van der Waals surface area contributed by atoms with E-state index in [4.69, 9.17) is 59.6 Å². The van der Waals surface area contributed by atoms with E-state index in [1.165, 1.54) is 0 Å². The molecule has 0 rings (SSSR count). The fraction of sp³-hybridized carbons (Fsp3) is 0.611. The second-order valence-corrected chi connectivity index (χ2v) is 7.08. The predicted octanol–water partition coefficient (Wildman–Crippen LogP) is -4.33. The number of hydrogen-bond acceptors (Lipinski definition) is 12. The molecule has 0 saturated carbocycles. The molecule has 4 unspecified atom stereocenters. The van der Waals surface area contributed by atoms with E-state index in [-0.39, 0.29) is 18.8 Å². The fourth-order valence-electron chi connectivity index (χ4n) is 1.69. The standard InChI is InChI=1S/C9H19N5O4.C5H9NO4.C4H7NO4/c10-5(2-1-3-14-9(12)13)8(17)18-4-6(11)7(15)16;6-3(5(9)10)1-2-4(7)8;5-2(4(8)9)1-3(6)7/h5-6H,1-4,10-11H2,(H,15,16)(H4,12,13,14);3H,1-2,6H2,(H,7,8)(H,9,10);2H,1,5H2,(H,6,7)(H,8,9). The third-order valence-corrected chi connectivity index (χ3v) is 3.73. The molecule has 37 heavy (non-hydrogen) atoms. The number of aliphatic carboxylic acids is 5. The summed E-state index contributed by atoms with van der Waals surface area (Å²) in [6.07, 6.45) is 0.107. The van der Waals surface area contributed by atoms with Gasteiger partial charge in [-0.25, -0.2) is 0 Å². The number of guanidine groups is 1. The summed E-state index contributed by atoms with van der Waals surface area (Å²) in [6, 6.07) is -4.45. The van der Waals surface area contributed by atoms with Gasteiger partial charge in [-0.05, 0) is 19.3 Å². The average Bonchev–Trinajstić information content (AvgIpc) is 2.78. The first kappa shape index (κ1) is 37.5. The largest absolute Gasteiger partial charge is 0.481 e. The van der Waals surface area contributed by atoms with Crippen LogP contribution in [-0.2, 0) is 33.5 Å². The zero-order chi connectivity index (χ0) is 29.7. The van der Waals surface area contributed by atoms with E-state index in [9.17, 15) is 28.8 Å². The van der Waals surface area contributed by atoms with E-state index in [0.29, 0.717) is 19.4 Å². The second-order valence-electron chi connectivity index (χ2n) is 7.08. The molecular formula is C18H35N7O12. The third kappa shape index (κ3) is 26.4. The molecule has 0 heterocycles. The molecule has 0 spiro atoms. The first-order chi connectivity index (χ1) is 16.9. The highest BCUT2D eigenvalue weighted by Crippen LogP contribution is 1.97. The third-order valence-electron chi connectivity index (χ3n) is 3.73. The lowest BCUT2D eigenvalue weighted by Gasteiger charge is -2.13. The van der Waals surface area contributed by atoms with Crippen LogP contribution in [0.1, 0.15) is 32.1 Å². The van der Waals surface area contributed by atoms with Gasteiger partial charge < -0.3 is 64.3 Å². The summed E-state index contributed by atoms with van der Waals surface area (Å²) >= 11 is 0. The Morgan fingerprint density at radius 3 is 1.57 bits per heavy atom. The fourth-order valence-corrected chi connectivity index (χ4v) is 1.69. The normalized spacial score (nSPS) is 13.0. The predicted molar refractivity (Wildman–Crippen MR) is 124 cm³/mol. The molecule has 214 valence electrons. The van der Waals surface area contributed by atoms with Crippen LogP contribution in [0.5, 0.6) is 0 Å². The Labute approximate surface area is 210 Å². The second kappa shape index (κ2) is 21.2. The lowest BCUT2D eigenvalue weighted by molar-refractivity contribution is -0.149. The van der Waals surface area contributed by atoms with Gasteiger partial charge in [0.1, 0.15) is 30.8 Å². The highest BCUT2D eigenvalue weighted by Gasteiger charge is 2.19. The molecule has 0 aromatic rings. The molecule has 0 fully saturated rings. The van der Waals surface area contributed by atoms with Crippen LogP contribution in [-0.4, -0.2) is 105 Å². The zero-order valence-electron chi connectivity index (χ0n) is 19.7. The van der Waals surface area contributed by atoms with Gasteiger partial charge in [0.2, 0.25) is 0 Å². The van der Waals surface area contributed by atoms with Crippen LogP contribution >= 0.6 is 0 Å². The number of hydrogen-bond donors (Lipinski definition) is 12. The molecule has 19 nitrogen and oxygen atoms in total. The van der Waals surface area contributed by atoms with E-state index in [1.807, 2.05) is 0 Å². The van der Waals surface area contributed by atoms with Gasteiger partial charge in [-0.2, -0.15) is 0 Å². The summed E-state index contributed by atoms with van der Waals surface area (Å²) < 4.78 is 4.65. The number of esters is 1. The van der Waals surface area contributed by atoms with E-state index >= 15 is 0 Å². The zero-order valence-corrected chi connectivity index (χ0v) is 19.7. The van der Waals surface area contributed by atoms with Crippen molar-refractivity contribution in [2.75, 3.05) is 13.2 Å². The minimum atomic E-state index is -1.29. The van der Waals surface area contributed by atoms with Gasteiger partial charge in [-0.15, -0.1) is 0 Å². The van der Waals surface area contributed by atoms with Crippen molar-refractivity contribution >= 4 is 41.8 Å². The molecule has 0 aliphatic rings. The summed E-state index contributed by atoms with van der Waals surface area (Å²) in [5.74, 6) is -6.80. The van der Waals surface area contributed by atoms with Gasteiger partial charge in [0, 0.05) is 13.0 Å². The lowest BCUT2D eigenvalue weighted by Crippen LogP contribution is -2.40. The highest BCUT2D eigenvalue weighted by molar-refractivity contribution is 5.80. The number of nitrogens with one attached hydrogen (secondary N) is 2. The van der Waals surface area contributed by atoms with Gasteiger partial charge in [0.05, 0.1) is 6.42 Å². The van der Waals surface area contributed by atoms with Crippen molar-refractivity contribution in [3.05, 3.63) is 0 Å². The maximum atomic E-state index is 11.3. The number of nitrogens with two attached hydrogens (primary N) is 5. The molecule has 0 saturated heterocycles. The Bertz CT molecular complexity index is 780. The van der Waals surface area contributed by atoms with Gasteiger partial charge >= 0.3 is 35.8 Å². The lowest BCUT2D eigenvalue weighted by atomic mass is 10.2. The van der Waals surface area contributed by atoms with Crippen molar-refractivity contribution in [2.45, 2.75) is 56.3 Å². The number of carbonyl (C=O) groups excluding carboxylic acids is 1. The van der Waals surface area contributed by atoms with Gasteiger partial charge in [-0.3, -0.25) is 34.2 Å². The molecule has 4 atom stereocenters. The SMILES string of the molecule is N=C(N)NCCCC(N)C(=O)OCC(N)C(=O)O.NC(CC(=O)O)C(=O)O.NC(CCC(=O)O)C(=O)O. The Morgan fingerprint density at radius 2 is 1.22 bits per heavy atom. The van der Waals surface area contributed by atoms with Crippen LogP contribution in [0.4, 0.5) is 0 Å². The minimum absolute atomic E-state index is 0.0231. The summed E-state index contributed by atoms with van der Waals surface area (Å²) in [5, 5.41) is 50.2. The van der Waals surface area contributed by atoms with Crippen LogP contribution in [0, 0.1) is 5.41 Å². The van der Waals surface area contributed by atoms with Gasteiger partial charge in [0.15, 0.2) is 5.96 Å². The average molecular weight is 542 g/mol. The maximum absolute atomic E-state index is 11.3. The number of carboxylic acids is 5. The minimum Gasteiger partial charge on any atom is -0.481 e. The van der Waals surface area contributed by atoms with Crippen molar-refractivity contribution in [1.29, 1.82) is 5.41 Å². The molecule has 0 aromatic carbocycles. The van der Waals surface area contributed by atoms with E-state index < -0.39 is 73.0 Å². The first-order valence-corrected chi connectivity index (χ1v) is 10.3. The molecule has 0 amide bonds. The first-order valence-electron chi connectivity index (χ1n) is 10.3. The van der Waals surface area contributed by atoms with Crippen molar-refractivity contribution in [2.24, 2.45) is 28.7 Å². The summed E-state index contributed by atoms with van der Waals surface area (Å²) in [4.78, 5) is 61.2. The van der Waals surface area contributed by atoms with Crippen LogP contribution in [0.3, 0.4) is 0 Å². The van der Waals surface area contributed by atoms with Crippen LogP contribution in [0.2, 0.25) is 0 Å². The summed E-state index contributed by atoms with van der Waals surface area (Å²) in [6.45, 7) is 0.0124. The molecular weight excluding hydrogens is 506 g/mol. The number of rotatable bonds is 15. The summed E-state index contributed by atoms with van der Waals surface area (Å²) in [5.41, 5.74) is 25.6. The van der Waals surface area contributed by atoms with E-state index in [1.54, 1.807) is 0 Å². The van der Waals surface area contributed by atoms with Crippen LogP contribution in [0.15, 0.2) is 0 Å². The Hall–Kier alpha value is -4.07. The Morgan fingerprint density at radius 1 is 0.730 bits per heavy atom. The maximum Gasteiger partial charge on any atom is 0.324 e. The number of ether oxygens (including phenoxy) is 1. The van der Waals surface area contributed by atoms with E-state index in [0.717, 1.165) is 0 Å². The van der Waals surface area contributed by atoms with Crippen molar-refractivity contribution in [3.63, 3.8) is 0 Å². The van der Waals surface area contributed by atoms with Gasteiger partial charge in [-0.1, -0.05) is 0 Å². The monoisotopic (exact) mass is 541 g/mol. The Kier molecular flexibility index (Phi) is 21.5.